The third kappa shape index (κ3) is 5.73. The number of nitrogens with one attached hydrogen (secondary N) is 3. The van der Waals surface area contributed by atoms with Crippen molar-refractivity contribution in [1.29, 1.82) is 0 Å². The van der Waals surface area contributed by atoms with Gasteiger partial charge in [-0.2, -0.15) is 0 Å². The summed E-state index contributed by atoms with van der Waals surface area (Å²) < 4.78 is 11.1. The molecule has 0 aliphatic carbocycles. The summed E-state index contributed by atoms with van der Waals surface area (Å²) >= 11 is 1.49. The van der Waals surface area contributed by atoms with Crippen LogP contribution in [0, 0.1) is 12.8 Å². The molecule has 3 N–H and O–H groups in total. The van der Waals surface area contributed by atoms with E-state index in [1.54, 1.807) is 7.11 Å². The summed E-state index contributed by atoms with van der Waals surface area (Å²) in [6.45, 7) is 4.30. The average molecular weight is 592 g/mol. The fraction of sp³-hybridized carbons (Fsp3) is 0.452. The predicted octanol–water partition coefficient (Wildman–Crippen LogP) is 3.72. The molecule has 0 bridgehead atoms. The molecule has 3 fully saturated rings. The van der Waals surface area contributed by atoms with Gasteiger partial charge in [0.1, 0.15) is 11.5 Å². The summed E-state index contributed by atoms with van der Waals surface area (Å²) in [7, 11) is 1.58. The first-order valence-electron chi connectivity index (χ1n) is 14.6. The van der Waals surface area contributed by atoms with Crippen LogP contribution in [-0.2, 0) is 14.3 Å². The Morgan fingerprint density at radius 1 is 1.12 bits per heavy atom. The number of benzene rings is 2. The van der Waals surface area contributed by atoms with Crippen LogP contribution in [-0.4, -0.2) is 73.6 Å². The first-order chi connectivity index (χ1) is 20.4. The number of nitrogens with zero attached hydrogens (tertiary/aromatic N) is 2. The fourth-order valence-electron chi connectivity index (χ4n) is 6.41. The maximum atomic E-state index is 13.7. The van der Waals surface area contributed by atoms with Crippen LogP contribution in [0.4, 0.5) is 10.5 Å². The number of hydrogen-bond donors (Lipinski definition) is 3. The van der Waals surface area contributed by atoms with E-state index in [1.165, 1.54) is 11.8 Å². The standard InChI is InChI=1S/C31H37N5O5S/c1-19-17-22(41-21-8-4-3-5-9-21)10-11-23(19)36-24-12-14-32-30-26(24)27(34-31(36)39)28(42-30)29(38)33-20-7-6-15-35(18-20)25(37)13-16-40-2/h3-5,8-11,17,20,24,26,30,32H,6-7,12-16,18H2,1-2H3,(H,33,38)(H,34,39)/t20-,24?,26?,30?/m1/s1. The molecule has 11 heteroatoms. The van der Waals surface area contributed by atoms with Crippen molar-refractivity contribution in [1.82, 2.24) is 20.9 Å². The molecule has 4 amide bonds. The molecule has 6 rings (SSSR count). The zero-order chi connectivity index (χ0) is 29.2. The molecule has 4 atom stereocenters. The molecule has 2 aromatic carbocycles. The van der Waals surface area contributed by atoms with Gasteiger partial charge >= 0.3 is 6.03 Å². The van der Waals surface area contributed by atoms with Gasteiger partial charge in [0.15, 0.2) is 0 Å². The maximum absolute atomic E-state index is 13.7. The number of aryl methyl sites for hydroxylation is 1. The second-order valence-corrected chi connectivity index (χ2v) is 12.3. The third-order valence-corrected chi connectivity index (χ3v) is 9.74. The largest absolute Gasteiger partial charge is 0.457 e. The molecule has 2 aromatic rings. The lowest BCUT2D eigenvalue weighted by Gasteiger charge is -2.46. The molecule has 3 unspecified atom stereocenters. The highest BCUT2D eigenvalue weighted by atomic mass is 32.2. The van der Waals surface area contributed by atoms with Crippen molar-refractivity contribution in [3.05, 3.63) is 64.7 Å². The van der Waals surface area contributed by atoms with Crippen molar-refractivity contribution in [3.63, 3.8) is 0 Å². The van der Waals surface area contributed by atoms with Crippen molar-refractivity contribution in [2.75, 3.05) is 38.3 Å². The maximum Gasteiger partial charge on any atom is 0.326 e. The van der Waals surface area contributed by atoms with Gasteiger partial charge in [-0.1, -0.05) is 30.0 Å². The first-order valence-corrected chi connectivity index (χ1v) is 15.5. The quantitative estimate of drug-likeness (QED) is 0.429. The first kappa shape index (κ1) is 28.6. The molecule has 10 nitrogen and oxygen atoms in total. The van der Waals surface area contributed by atoms with Gasteiger partial charge in [0.05, 0.1) is 29.3 Å². The Hall–Kier alpha value is -3.54. The Morgan fingerprint density at radius 2 is 1.95 bits per heavy atom. The lowest BCUT2D eigenvalue weighted by Crippen LogP contribution is -2.62. The number of hydrogen-bond acceptors (Lipinski definition) is 7. The molecule has 4 aliphatic heterocycles. The highest BCUT2D eigenvalue weighted by Crippen LogP contribution is 2.48. The van der Waals surface area contributed by atoms with Gasteiger partial charge in [0.2, 0.25) is 5.91 Å². The number of likely N-dealkylation sites (tertiary alicyclic amines) is 1. The molecule has 222 valence electrons. The van der Waals surface area contributed by atoms with Gasteiger partial charge in [0, 0.05) is 43.5 Å². The summed E-state index contributed by atoms with van der Waals surface area (Å²) in [5.41, 5.74) is 2.47. The molecule has 4 heterocycles. The second kappa shape index (κ2) is 12.4. The molecule has 0 spiro atoms. The highest BCUT2D eigenvalue weighted by Gasteiger charge is 2.52. The number of ether oxygens (including phenoxy) is 2. The third-order valence-electron chi connectivity index (χ3n) is 8.38. The van der Waals surface area contributed by atoms with Gasteiger partial charge in [-0.05, 0) is 68.6 Å². The van der Waals surface area contributed by atoms with E-state index >= 15 is 0 Å². The topological polar surface area (TPSA) is 112 Å². The van der Waals surface area contributed by atoms with Crippen molar-refractivity contribution in [2.45, 2.75) is 50.1 Å². The lowest BCUT2D eigenvalue weighted by molar-refractivity contribution is -0.134. The van der Waals surface area contributed by atoms with E-state index in [9.17, 15) is 14.4 Å². The van der Waals surface area contributed by atoms with Gasteiger partial charge < -0.3 is 30.3 Å². The number of para-hydroxylation sites is 1. The van der Waals surface area contributed by atoms with Crippen LogP contribution < -0.4 is 25.6 Å². The predicted molar refractivity (Wildman–Crippen MR) is 161 cm³/mol. The van der Waals surface area contributed by atoms with E-state index in [0.29, 0.717) is 42.5 Å². The Balaban J connectivity index is 1.18. The molecule has 0 radical (unpaired) electrons. The number of methoxy groups -OCH3 is 1. The van der Waals surface area contributed by atoms with Gasteiger partial charge in [0.25, 0.3) is 5.91 Å². The van der Waals surface area contributed by atoms with Crippen LogP contribution in [0.1, 0.15) is 31.2 Å². The Kier molecular flexibility index (Phi) is 8.41. The number of urea groups is 1. The number of piperidine rings is 2. The van der Waals surface area contributed by atoms with E-state index in [-0.39, 0.29) is 41.2 Å². The minimum absolute atomic E-state index is 0.0120. The lowest BCUT2D eigenvalue weighted by atomic mass is 9.86. The summed E-state index contributed by atoms with van der Waals surface area (Å²) in [5.74, 6) is 1.28. The van der Waals surface area contributed by atoms with Crippen LogP contribution in [0.15, 0.2) is 59.1 Å². The van der Waals surface area contributed by atoms with Crippen molar-refractivity contribution in [2.24, 2.45) is 5.92 Å². The van der Waals surface area contributed by atoms with Gasteiger partial charge in [-0.25, -0.2) is 4.79 Å². The Morgan fingerprint density at radius 3 is 2.74 bits per heavy atom. The van der Waals surface area contributed by atoms with E-state index in [1.807, 2.05) is 65.3 Å². The van der Waals surface area contributed by atoms with Crippen molar-refractivity contribution in [3.8, 4) is 11.5 Å². The van der Waals surface area contributed by atoms with Crippen LogP contribution in [0.2, 0.25) is 0 Å². The summed E-state index contributed by atoms with van der Waals surface area (Å²) in [6, 6.07) is 15.0. The molecule has 0 saturated carbocycles. The SMILES string of the molecule is COCCC(=O)N1CCC[C@@H](NC(=O)C2=C3NC(=O)N(c4ccc(Oc5ccccc5)cc4C)C4CCNC(S2)C34)C1. The fourth-order valence-corrected chi connectivity index (χ4v) is 7.81. The van der Waals surface area contributed by atoms with Crippen LogP contribution in [0.25, 0.3) is 0 Å². The number of carbonyl (C=O) groups is 3. The number of amides is 4. The van der Waals surface area contributed by atoms with E-state index < -0.39 is 0 Å². The smallest absolute Gasteiger partial charge is 0.326 e. The zero-order valence-corrected chi connectivity index (χ0v) is 24.7. The minimum Gasteiger partial charge on any atom is -0.457 e. The summed E-state index contributed by atoms with van der Waals surface area (Å²) in [5, 5.41) is 9.79. The highest BCUT2D eigenvalue weighted by molar-refractivity contribution is 8.04. The van der Waals surface area contributed by atoms with Crippen LogP contribution in [0.3, 0.4) is 0 Å². The normalized spacial score (nSPS) is 25.1. The number of thioether (sulfide) groups is 1. The summed E-state index contributed by atoms with van der Waals surface area (Å²) in [4.78, 5) is 44.0. The number of carbonyl (C=O) groups excluding carboxylic acids is 3. The van der Waals surface area contributed by atoms with E-state index in [4.69, 9.17) is 9.47 Å². The van der Waals surface area contributed by atoms with Crippen LogP contribution >= 0.6 is 11.8 Å². The Labute approximate surface area is 250 Å². The van der Waals surface area contributed by atoms with Crippen molar-refractivity contribution >= 4 is 35.3 Å². The molecule has 4 aliphatic rings. The Bertz CT molecular complexity index is 1390. The van der Waals surface area contributed by atoms with Gasteiger partial charge in [-0.15, -0.1) is 0 Å². The average Bonchev–Trinajstić information content (AvgIpc) is 3.37. The molecular weight excluding hydrogens is 554 g/mol. The number of anilines is 1. The summed E-state index contributed by atoms with van der Waals surface area (Å²) in [6.07, 6.45) is 2.75. The minimum atomic E-state index is -0.230. The van der Waals surface area contributed by atoms with Crippen molar-refractivity contribution < 1.29 is 23.9 Å². The second-order valence-electron chi connectivity index (χ2n) is 11.2. The molecule has 42 heavy (non-hydrogen) atoms. The van der Waals surface area contributed by atoms with Crippen LogP contribution in [0.5, 0.6) is 11.5 Å². The number of rotatable bonds is 8. The van der Waals surface area contributed by atoms with E-state index in [0.717, 1.165) is 42.8 Å². The monoisotopic (exact) mass is 591 g/mol. The molecule has 0 aromatic heterocycles. The molecular formula is C31H37N5O5S. The zero-order valence-electron chi connectivity index (χ0n) is 23.9. The molecule has 3 saturated heterocycles. The van der Waals surface area contributed by atoms with Gasteiger partial charge in [-0.3, -0.25) is 14.5 Å². The van der Waals surface area contributed by atoms with E-state index in [2.05, 4.69) is 16.0 Å².